The second-order valence-electron chi connectivity index (χ2n) is 11.3. The van der Waals surface area contributed by atoms with Crippen molar-refractivity contribution in [1.29, 1.82) is 0 Å². The largest absolute Gasteiger partial charge is 0.487 e. The maximum Gasteiger partial charge on any atom is 0.343 e. The van der Waals surface area contributed by atoms with Crippen molar-refractivity contribution in [2.45, 2.75) is 78.4 Å². The highest BCUT2D eigenvalue weighted by atomic mass is 16.5. The van der Waals surface area contributed by atoms with Crippen LogP contribution in [0.25, 0.3) is 11.3 Å². The molecule has 1 aliphatic heterocycles. The summed E-state index contributed by atoms with van der Waals surface area (Å²) in [4.78, 5) is 24.8. The molecule has 3 aliphatic rings. The van der Waals surface area contributed by atoms with Crippen molar-refractivity contribution in [3.05, 3.63) is 52.4 Å². The van der Waals surface area contributed by atoms with Crippen molar-refractivity contribution in [2.24, 2.45) is 22.7 Å². The van der Waals surface area contributed by atoms with Crippen LogP contribution in [-0.4, -0.2) is 17.7 Å². The van der Waals surface area contributed by atoms with Gasteiger partial charge < -0.3 is 13.9 Å². The molecule has 2 aromatic rings. The third-order valence-electron chi connectivity index (χ3n) is 9.06. The lowest BCUT2D eigenvalue weighted by Crippen LogP contribution is -2.64. The van der Waals surface area contributed by atoms with Gasteiger partial charge in [0, 0.05) is 29.9 Å². The first-order chi connectivity index (χ1) is 15.5. The summed E-state index contributed by atoms with van der Waals surface area (Å²) >= 11 is 0. The van der Waals surface area contributed by atoms with E-state index < -0.39 is 0 Å². The third-order valence-corrected chi connectivity index (χ3v) is 9.06. The van der Waals surface area contributed by atoms with Crippen LogP contribution in [-0.2, 0) is 16.0 Å². The first-order valence-electron chi connectivity index (χ1n) is 12.1. The Labute approximate surface area is 195 Å². The van der Waals surface area contributed by atoms with Crippen LogP contribution in [0, 0.1) is 22.7 Å². The molecule has 0 amide bonds. The van der Waals surface area contributed by atoms with E-state index in [2.05, 4.69) is 27.7 Å². The van der Waals surface area contributed by atoms with Gasteiger partial charge in [-0.2, -0.15) is 0 Å². The summed E-state index contributed by atoms with van der Waals surface area (Å²) in [7, 11) is 0. The number of hydrogen-bond acceptors (Lipinski definition) is 5. The minimum atomic E-state index is -0.343. The molecule has 5 heteroatoms. The molecule has 5 nitrogen and oxygen atoms in total. The molecule has 2 heterocycles. The molecule has 0 spiro atoms. The first-order valence-corrected chi connectivity index (χ1v) is 12.1. The number of esters is 1. The monoisotopic (exact) mass is 450 g/mol. The number of fused-ring (bicyclic) bond motifs is 4. The van der Waals surface area contributed by atoms with Crippen molar-refractivity contribution < 1.29 is 18.7 Å². The SMILES string of the molecule is CC(=O)O[C@@H]1CC[C@]2(C)[C@H]3Cc4c(cc(-c5ccccc5)oc4=O)O[C@]3(C)CC[C@H]2C1(C)C. The van der Waals surface area contributed by atoms with Crippen LogP contribution in [0.4, 0.5) is 0 Å². The van der Waals surface area contributed by atoms with Crippen molar-refractivity contribution in [2.75, 3.05) is 0 Å². The summed E-state index contributed by atoms with van der Waals surface area (Å²) in [6.45, 7) is 10.5. The maximum absolute atomic E-state index is 13.1. The molecule has 0 unspecified atom stereocenters. The first kappa shape index (κ1) is 22.2. The molecule has 0 saturated heterocycles. The van der Waals surface area contributed by atoms with Gasteiger partial charge in [0.25, 0.3) is 0 Å². The van der Waals surface area contributed by atoms with Crippen LogP contribution in [0.5, 0.6) is 5.75 Å². The van der Waals surface area contributed by atoms with E-state index in [1.54, 1.807) is 0 Å². The van der Waals surface area contributed by atoms with E-state index in [-0.39, 0.29) is 40.0 Å². The maximum atomic E-state index is 13.1. The molecule has 2 fully saturated rings. The number of benzene rings is 1. The molecule has 2 saturated carbocycles. The van der Waals surface area contributed by atoms with Gasteiger partial charge in [-0.25, -0.2) is 4.79 Å². The standard InChI is InChI=1S/C28H34O5/c1-17(29)31-24-12-13-27(4)22(26(24,2)3)11-14-28(5)23(27)15-19-21(33-28)16-20(32-25(19)30)18-9-7-6-8-10-18/h6-10,16,22-24H,11-15H2,1-5H3/t22-,23+,24+,27-,28+/m0/s1. The van der Waals surface area contributed by atoms with E-state index in [1.807, 2.05) is 36.4 Å². The summed E-state index contributed by atoms with van der Waals surface area (Å²) in [5, 5.41) is 0. The van der Waals surface area contributed by atoms with Crippen LogP contribution in [0.2, 0.25) is 0 Å². The van der Waals surface area contributed by atoms with E-state index >= 15 is 0 Å². The van der Waals surface area contributed by atoms with Crippen molar-refractivity contribution in [1.82, 2.24) is 0 Å². The third kappa shape index (κ3) is 3.43. The highest BCUT2D eigenvalue weighted by Crippen LogP contribution is 2.64. The molecule has 176 valence electrons. The number of ether oxygens (including phenoxy) is 2. The van der Waals surface area contributed by atoms with Gasteiger partial charge in [-0.05, 0) is 50.4 Å². The molecule has 0 N–H and O–H groups in total. The van der Waals surface area contributed by atoms with E-state index in [4.69, 9.17) is 13.9 Å². The summed E-state index contributed by atoms with van der Waals surface area (Å²) in [5.74, 6) is 1.57. The van der Waals surface area contributed by atoms with Gasteiger partial charge in [-0.3, -0.25) is 4.79 Å². The van der Waals surface area contributed by atoms with Crippen molar-refractivity contribution in [3.63, 3.8) is 0 Å². The Bertz CT molecular complexity index is 1130. The fraction of sp³-hybridized carbons (Fsp3) is 0.571. The highest BCUT2D eigenvalue weighted by Gasteiger charge is 2.63. The van der Waals surface area contributed by atoms with Crippen molar-refractivity contribution in [3.8, 4) is 17.1 Å². The predicted octanol–water partition coefficient (Wildman–Crippen LogP) is 5.78. The number of rotatable bonds is 2. The molecular weight excluding hydrogens is 416 g/mol. The van der Waals surface area contributed by atoms with Crippen LogP contribution in [0.3, 0.4) is 0 Å². The Kier molecular flexibility index (Phi) is 5.04. The Balaban J connectivity index is 1.52. The average molecular weight is 451 g/mol. The lowest BCUT2D eigenvalue weighted by molar-refractivity contribution is -0.204. The second kappa shape index (κ2) is 7.48. The van der Waals surface area contributed by atoms with Gasteiger partial charge in [-0.1, -0.05) is 51.1 Å². The normalized spacial score (nSPS) is 34.3. The van der Waals surface area contributed by atoms with Gasteiger partial charge in [-0.15, -0.1) is 0 Å². The zero-order valence-corrected chi connectivity index (χ0v) is 20.3. The van der Waals surface area contributed by atoms with Gasteiger partial charge in [0.15, 0.2) is 0 Å². The Hall–Kier alpha value is -2.56. The molecule has 0 radical (unpaired) electrons. The summed E-state index contributed by atoms with van der Waals surface area (Å²) in [6.07, 6.45) is 4.29. The quantitative estimate of drug-likeness (QED) is 0.542. The number of carbonyl (C=O) groups excluding carboxylic acids is 1. The Morgan fingerprint density at radius 1 is 1.03 bits per heavy atom. The molecule has 1 aromatic carbocycles. The molecule has 33 heavy (non-hydrogen) atoms. The van der Waals surface area contributed by atoms with Crippen LogP contribution >= 0.6 is 0 Å². The Morgan fingerprint density at radius 2 is 1.76 bits per heavy atom. The Morgan fingerprint density at radius 3 is 2.45 bits per heavy atom. The van der Waals surface area contributed by atoms with Crippen LogP contribution < -0.4 is 10.4 Å². The van der Waals surface area contributed by atoms with Gasteiger partial charge in [0.1, 0.15) is 23.2 Å². The van der Waals surface area contributed by atoms with Gasteiger partial charge in [0.05, 0.1) is 5.56 Å². The fourth-order valence-corrected chi connectivity index (χ4v) is 7.44. The molecule has 5 atom stereocenters. The highest BCUT2D eigenvalue weighted by molar-refractivity contribution is 5.66. The van der Waals surface area contributed by atoms with E-state index in [0.717, 1.165) is 31.2 Å². The molecule has 0 bridgehead atoms. The zero-order valence-electron chi connectivity index (χ0n) is 20.3. The zero-order chi connectivity index (χ0) is 23.6. The summed E-state index contributed by atoms with van der Waals surface area (Å²) in [5.41, 5.74) is 0.724. The molecular formula is C28H34O5. The van der Waals surface area contributed by atoms with Crippen LogP contribution in [0.1, 0.15) is 65.9 Å². The summed E-state index contributed by atoms with van der Waals surface area (Å²) < 4.78 is 18.2. The molecule has 5 rings (SSSR count). The lowest BCUT2D eigenvalue weighted by atomic mass is 9.44. The molecule has 2 aliphatic carbocycles. The smallest absolute Gasteiger partial charge is 0.343 e. The lowest BCUT2D eigenvalue weighted by Gasteiger charge is -2.64. The predicted molar refractivity (Wildman–Crippen MR) is 126 cm³/mol. The minimum Gasteiger partial charge on any atom is -0.487 e. The topological polar surface area (TPSA) is 65.7 Å². The van der Waals surface area contributed by atoms with E-state index in [0.29, 0.717) is 29.4 Å². The minimum absolute atomic E-state index is 0.0185. The van der Waals surface area contributed by atoms with Crippen molar-refractivity contribution >= 4 is 5.97 Å². The molecule has 1 aromatic heterocycles. The van der Waals surface area contributed by atoms with Crippen LogP contribution in [0.15, 0.2) is 45.6 Å². The number of carbonyl (C=O) groups is 1. The average Bonchev–Trinajstić information content (AvgIpc) is 2.75. The number of hydrogen-bond donors (Lipinski definition) is 0. The van der Waals surface area contributed by atoms with Gasteiger partial charge >= 0.3 is 11.6 Å². The fourth-order valence-electron chi connectivity index (χ4n) is 7.44. The van der Waals surface area contributed by atoms with E-state index in [9.17, 15) is 9.59 Å². The van der Waals surface area contributed by atoms with Gasteiger partial charge in [0.2, 0.25) is 0 Å². The van der Waals surface area contributed by atoms with E-state index in [1.165, 1.54) is 6.92 Å². The summed E-state index contributed by atoms with van der Waals surface area (Å²) in [6, 6.07) is 11.6. The second-order valence-corrected chi connectivity index (χ2v) is 11.3.